The molecule has 6 heteroatoms. The lowest BCUT2D eigenvalue weighted by Gasteiger charge is -2.29. The van der Waals surface area contributed by atoms with E-state index in [1.54, 1.807) is 18.2 Å². The predicted octanol–water partition coefficient (Wildman–Crippen LogP) is 1.53. The number of aromatic nitrogens is 3. The van der Waals surface area contributed by atoms with E-state index in [0.717, 1.165) is 17.8 Å². The molecule has 2 unspecified atom stereocenters. The van der Waals surface area contributed by atoms with Crippen LogP contribution in [0.25, 0.3) is 0 Å². The minimum absolute atomic E-state index is 0.225. The van der Waals surface area contributed by atoms with Crippen LogP contribution in [-0.4, -0.2) is 25.8 Å². The topological polar surface area (TPSA) is 94.0 Å². The number of nitrogens with zero attached hydrogens (tertiary/aromatic N) is 3. The second-order valence-electron chi connectivity index (χ2n) is 5.29. The van der Waals surface area contributed by atoms with E-state index in [-0.39, 0.29) is 5.92 Å². The molecule has 104 valence electrons. The van der Waals surface area contributed by atoms with Crippen LogP contribution in [0.3, 0.4) is 0 Å². The maximum absolute atomic E-state index is 11.1. The summed E-state index contributed by atoms with van der Waals surface area (Å²) < 4.78 is 1.83. The molecular weight excluding hydrogens is 256 g/mol. The normalized spacial score (nSPS) is 21.4. The highest BCUT2D eigenvalue weighted by atomic mass is 16.4. The fourth-order valence-electron chi connectivity index (χ4n) is 2.82. The second-order valence-corrected chi connectivity index (χ2v) is 5.29. The highest BCUT2D eigenvalue weighted by molar-refractivity contribution is 5.87. The van der Waals surface area contributed by atoms with Gasteiger partial charge in [-0.15, -0.1) is 5.10 Å². The SMILES string of the molecule is CC1Cc2nc(N)nn2CC1c1cccc(C(=O)O)c1. The Kier molecular flexibility index (Phi) is 2.93. The standard InChI is InChI=1S/C14H16N4O2/c1-8-5-12-16-14(15)17-18(12)7-11(8)9-3-2-4-10(6-9)13(19)20/h2-4,6,8,11H,5,7H2,1H3,(H2,15,17)(H,19,20). The summed E-state index contributed by atoms with van der Waals surface area (Å²) in [6, 6.07) is 7.11. The quantitative estimate of drug-likeness (QED) is 0.864. The zero-order valence-corrected chi connectivity index (χ0v) is 11.2. The largest absolute Gasteiger partial charge is 0.478 e. The van der Waals surface area contributed by atoms with Crippen LogP contribution in [-0.2, 0) is 13.0 Å². The number of fused-ring (bicyclic) bond motifs is 1. The number of nitrogens with two attached hydrogens (primary N) is 1. The molecule has 1 aromatic carbocycles. The Morgan fingerprint density at radius 2 is 2.30 bits per heavy atom. The first-order valence-corrected chi connectivity index (χ1v) is 6.57. The molecule has 0 saturated heterocycles. The molecule has 1 aliphatic rings. The molecule has 20 heavy (non-hydrogen) atoms. The molecule has 0 saturated carbocycles. The molecule has 2 atom stereocenters. The zero-order chi connectivity index (χ0) is 14.3. The Morgan fingerprint density at radius 1 is 1.50 bits per heavy atom. The third-order valence-electron chi connectivity index (χ3n) is 3.89. The van der Waals surface area contributed by atoms with Gasteiger partial charge in [-0.05, 0) is 23.6 Å². The first kappa shape index (κ1) is 12.7. The van der Waals surface area contributed by atoms with Crippen molar-refractivity contribution in [2.45, 2.75) is 25.8 Å². The van der Waals surface area contributed by atoms with Crippen molar-refractivity contribution in [2.24, 2.45) is 5.92 Å². The van der Waals surface area contributed by atoms with E-state index < -0.39 is 5.97 Å². The number of carboxylic acid groups (broad SMARTS) is 1. The number of hydrogen-bond acceptors (Lipinski definition) is 4. The molecule has 0 bridgehead atoms. The van der Waals surface area contributed by atoms with Gasteiger partial charge in [-0.3, -0.25) is 0 Å². The molecular formula is C14H16N4O2. The minimum atomic E-state index is -0.902. The molecule has 0 radical (unpaired) electrons. The zero-order valence-electron chi connectivity index (χ0n) is 11.2. The summed E-state index contributed by atoms with van der Waals surface area (Å²) in [7, 11) is 0. The van der Waals surface area contributed by atoms with Crippen molar-refractivity contribution < 1.29 is 9.90 Å². The minimum Gasteiger partial charge on any atom is -0.478 e. The molecule has 0 fully saturated rings. The molecule has 2 aromatic rings. The van der Waals surface area contributed by atoms with Gasteiger partial charge in [0.1, 0.15) is 5.82 Å². The van der Waals surface area contributed by atoms with Crippen molar-refractivity contribution in [2.75, 3.05) is 5.73 Å². The van der Waals surface area contributed by atoms with Gasteiger partial charge in [-0.25, -0.2) is 9.48 Å². The lowest BCUT2D eigenvalue weighted by molar-refractivity contribution is 0.0696. The van der Waals surface area contributed by atoms with Gasteiger partial charge in [0.15, 0.2) is 0 Å². The van der Waals surface area contributed by atoms with Gasteiger partial charge in [0.2, 0.25) is 5.95 Å². The number of carboxylic acids is 1. The van der Waals surface area contributed by atoms with Crippen LogP contribution in [0.15, 0.2) is 24.3 Å². The van der Waals surface area contributed by atoms with E-state index in [1.165, 1.54) is 0 Å². The Labute approximate surface area is 116 Å². The monoisotopic (exact) mass is 272 g/mol. The number of anilines is 1. The van der Waals surface area contributed by atoms with E-state index in [2.05, 4.69) is 17.0 Å². The van der Waals surface area contributed by atoms with E-state index in [4.69, 9.17) is 10.8 Å². The summed E-state index contributed by atoms with van der Waals surface area (Å²) in [4.78, 5) is 15.3. The van der Waals surface area contributed by atoms with Gasteiger partial charge >= 0.3 is 5.97 Å². The van der Waals surface area contributed by atoms with Gasteiger partial charge < -0.3 is 10.8 Å². The molecule has 0 aliphatic carbocycles. The fraction of sp³-hybridized carbons (Fsp3) is 0.357. The highest BCUT2D eigenvalue weighted by Crippen LogP contribution is 2.33. The van der Waals surface area contributed by atoms with Gasteiger partial charge in [-0.1, -0.05) is 19.1 Å². The first-order valence-electron chi connectivity index (χ1n) is 6.57. The maximum Gasteiger partial charge on any atom is 0.335 e. The van der Waals surface area contributed by atoms with Gasteiger partial charge in [0.05, 0.1) is 12.1 Å². The van der Waals surface area contributed by atoms with E-state index in [0.29, 0.717) is 24.0 Å². The number of hydrogen-bond donors (Lipinski definition) is 2. The third kappa shape index (κ3) is 2.13. The number of aromatic carboxylic acids is 1. The maximum atomic E-state index is 11.1. The van der Waals surface area contributed by atoms with Crippen molar-refractivity contribution >= 4 is 11.9 Å². The van der Waals surface area contributed by atoms with E-state index >= 15 is 0 Å². The van der Waals surface area contributed by atoms with Crippen LogP contribution in [0.2, 0.25) is 0 Å². The average molecular weight is 272 g/mol. The number of benzene rings is 1. The molecule has 3 rings (SSSR count). The molecule has 3 N–H and O–H groups in total. The molecule has 6 nitrogen and oxygen atoms in total. The number of rotatable bonds is 2. The molecule has 0 amide bonds. The summed E-state index contributed by atoms with van der Waals surface area (Å²) in [6.07, 6.45) is 0.798. The molecule has 1 aromatic heterocycles. The van der Waals surface area contributed by atoms with Crippen LogP contribution < -0.4 is 5.73 Å². The van der Waals surface area contributed by atoms with E-state index in [9.17, 15) is 4.79 Å². The third-order valence-corrected chi connectivity index (χ3v) is 3.89. The Bertz CT molecular complexity index is 665. The molecule has 2 heterocycles. The Hall–Kier alpha value is -2.37. The van der Waals surface area contributed by atoms with Gasteiger partial charge in [0, 0.05) is 12.3 Å². The second kappa shape index (κ2) is 4.63. The Balaban J connectivity index is 1.94. The Morgan fingerprint density at radius 3 is 3.05 bits per heavy atom. The lowest BCUT2D eigenvalue weighted by Crippen LogP contribution is -2.27. The molecule has 0 spiro atoms. The summed E-state index contributed by atoms with van der Waals surface area (Å²) in [5.74, 6) is 0.895. The number of nitrogen functional groups attached to an aromatic ring is 1. The van der Waals surface area contributed by atoms with Crippen molar-refractivity contribution in [1.29, 1.82) is 0 Å². The highest BCUT2D eigenvalue weighted by Gasteiger charge is 2.29. The van der Waals surface area contributed by atoms with Gasteiger partial charge in [0.25, 0.3) is 0 Å². The number of carbonyl (C=O) groups is 1. The smallest absolute Gasteiger partial charge is 0.335 e. The van der Waals surface area contributed by atoms with Crippen molar-refractivity contribution in [3.8, 4) is 0 Å². The van der Waals surface area contributed by atoms with Crippen LogP contribution in [0.5, 0.6) is 0 Å². The van der Waals surface area contributed by atoms with E-state index in [1.807, 2.05) is 10.7 Å². The van der Waals surface area contributed by atoms with Gasteiger partial charge in [-0.2, -0.15) is 4.98 Å². The van der Waals surface area contributed by atoms with Crippen molar-refractivity contribution in [3.05, 3.63) is 41.2 Å². The van der Waals surface area contributed by atoms with Crippen LogP contribution in [0.1, 0.15) is 34.6 Å². The van der Waals surface area contributed by atoms with Crippen LogP contribution in [0, 0.1) is 5.92 Å². The van der Waals surface area contributed by atoms with Crippen molar-refractivity contribution in [1.82, 2.24) is 14.8 Å². The molecule has 1 aliphatic heterocycles. The summed E-state index contributed by atoms with van der Waals surface area (Å²) >= 11 is 0. The average Bonchev–Trinajstić information content (AvgIpc) is 2.77. The van der Waals surface area contributed by atoms with Crippen molar-refractivity contribution in [3.63, 3.8) is 0 Å². The first-order chi connectivity index (χ1) is 9.54. The predicted molar refractivity (Wildman–Crippen MR) is 73.4 cm³/mol. The summed E-state index contributed by atoms with van der Waals surface area (Å²) in [6.45, 7) is 2.83. The van der Waals surface area contributed by atoms with Crippen LogP contribution in [0.4, 0.5) is 5.95 Å². The summed E-state index contributed by atoms with van der Waals surface area (Å²) in [5.41, 5.74) is 6.97. The lowest BCUT2D eigenvalue weighted by atomic mass is 9.82. The fourth-order valence-corrected chi connectivity index (χ4v) is 2.82. The summed E-state index contributed by atoms with van der Waals surface area (Å²) in [5, 5.41) is 13.3. The van der Waals surface area contributed by atoms with Crippen LogP contribution >= 0.6 is 0 Å².